The molecule has 0 aliphatic carbocycles. The van der Waals surface area contributed by atoms with Crippen LogP contribution >= 0.6 is 0 Å². The van der Waals surface area contributed by atoms with Gasteiger partial charge in [0.05, 0.1) is 0 Å². The van der Waals surface area contributed by atoms with Crippen molar-refractivity contribution >= 4 is 16.8 Å². The van der Waals surface area contributed by atoms with E-state index in [1.807, 2.05) is 17.2 Å². The Balaban J connectivity index is 1.80. The van der Waals surface area contributed by atoms with Gasteiger partial charge in [-0.1, -0.05) is 6.58 Å². The molecule has 0 bridgehead atoms. The summed E-state index contributed by atoms with van der Waals surface area (Å²) in [6.07, 6.45) is 5.21. The molecule has 2 aromatic rings. The molecule has 1 aromatic carbocycles. The number of likely N-dealkylation sites (tertiary alicyclic amines) is 1. The number of H-pyrrole nitrogens is 1. The highest BCUT2D eigenvalue weighted by atomic mass is 19.1. The highest BCUT2D eigenvalue weighted by molar-refractivity contribution is 5.87. The van der Waals surface area contributed by atoms with Gasteiger partial charge in [0.25, 0.3) is 0 Å². The Morgan fingerprint density at radius 2 is 2.15 bits per heavy atom. The van der Waals surface area contributed by atoms with Crippen LogP contribution in [-0.2, 0) is 4.79 Å². The number of carbonyl (C=O) groups is 1. The molecule has 20 heavy (non-hydrogen) atoms. The summed E-state index contributed by atoms with van der Waals surface area (Å²) in [4.78, 5) is 16.5. The van der Waals surface area contributed by atoms with Crippen molar-refractivity contribution in [2.75, 3.05) is 13.1 Å². The average Bonchev–Trinajstić information content (AvgIpc) is 2.89. The fourth-order valence-corrected chi connectivity index (χ4v) is 3.00. The molecule has 3 rings (SSSR count). The molecule has 0 unspecified atom stereocenters. The number of nitrogens with zero attached hydrogens (tertiary/aromatic N) is 1. The average molecular weight is 272 g/mol. The van der Waals surface area contributed by atoms with Crippen LogP contribution in [0.4, 0.5) is 4.39 Å². The number of hydrogen-bond donors (Lipinski definition) is 1. The SMILES string of the molecule is C=CC(=O)N1CCC(c2c[nH]c3cc(F)ccc23)CC1. The first-order chi connectivity index (χ1) is 9.69. The van der Waals surface area contributed by atoms with Crippen molar-refractivity contribution in [3.8, 4) is 0 Å². The van der Waals surface area contributed by atoms with E-state index in [2.05, 4.69) is 11.6 Å². The molecule has 1 fully saturated rings. The Kier molecular flexibility index (Phi) is 3.30. The van der Waals surface area contributed by atoms with Crippen molar-refractivity contribution in [1.82, 2.24) is 9.88 Å². The maximum absolute atomic E-state index is 13.2. The zero-order valence-electron chi connectivity index (χ0n) is 11.2. The van der Waals surface area contributed by atoms with E-state index in [-0.39, 0.29) is 11.7 Å². The first-order valence-electron chi connectivity index (χ1n) is 6.87. The summed E-state index contributed by atoms with van der Waals surface area (Å²) in [6, 6.07) is 4.85. The third-order valence-electron chi connectivity index (χ3n) is 4.10. The summed E-state index contributed by atoms with van der Waals surface area (Å²) in [5.74, 6) is 0.199. The molecule has 1 N–H and O–H groups in total. The number of carbonyl (C=O) groups excluding carboxylic acids is 1. The molecule has 0 atom stereocenters. The van der Waals surface area contributed by atoms with Crippen LogP contribution in [0.15, 0.2) is 37.1 Å². The van der Waals surface area contributed by atoms with E-state index in [1.165, 1.54) is 23.8 Å². The lowest BCUT2D eigenvalue weighted by atomic mass is 9.89. The number of nitrogens with one attached hydrogen (secondary N) is 1. The molecule has 104 valence electrons. The lowest BCUT2D eigenvalue weighted by Gasteiger charge is -2.31. The van der Waals surface area contributed by atoms with Gasteiger partial charge < -0.3 is 9.88 Å². The maximum Gasteiger partial charge on any atom is 0.245 e. The smallest absolute Gasteiger partial charge is 0.245 e. The van der Waals surface area contributed by atoms with Crippen LogP contribution in [0.3, 0.4) is 0 Å². The molecular weight excluding hydrogens is 255 g/mol. The minimum Gasteiger partial charge on any atom is -0.361 e. The molecule has 0 saturated carbocycles. The normalized spacial score (nSPS) is 16.6. The topological polar surface area (TPSA) is 36.1 Å². The van der Waals surface area contributed by atoms with Gasteiger partial charge in [-0.15, -0.1) is 0 Å². The van der Waals surface area contributed by atoms with Crippen molar-refractivity contribution in [2.24, 2.45) is 0 Å². The standard InChI is InChI=1S/C16H17FN2O/c1-2-16(20)19-7-5-11(6-8-19)14-10-18-15-9-12(17)3-4-13(14)15/h2-4,9-11,18H,1,5-8H2. The Morgan fingerprint density at radius 3 is 2.85 bits per heavy atom. The zero-order chi connectivity index (χ0) is 14.1. The molecule has 1 aliphatic heterocycles. The molecule has 1 saturated heterocycles. The molecule has 1 amide bonds. The maximum atomic E-state index is 13.2. The number of aromatic amines is 1. The second kappa shape index (κ2) is 5.12. The Labute approximate surface area is 117 Å². The van der Waals surface area contributed by atoms with E-state index in [1.54, 1.807) is 0 Å². The molecule has 4 heteroatoms. The molecule has 1 aromatic heterocycles. The highest BCUT2D eigenvalue weighted by Gasteiger charge is 2.24. The Morgan fingerprint density at radius 1 is 1.40 bits per heavy atom. The number of hydrogen-bond acceptors (Lipinski definition) is 1. The highest BCUT2D eigenvalue weighted by Crippen LogP contribution is 2.33. The van der Waals surface area contributed by atoms with Crippen molar-refractivity contribution < 1.29 is 9.18 Å². The summed E-state index contributed by atoms with van der Waals surface area (Å²) >= 11 is 0. The van der Waals surface area contributed by atoms with Crippen LogP contribution in [0, 0.1) is 5.82 Å². The van der Waals surface area contributed by atoms with Gasteiger partial charge in [-0.2, -0.15) is 0 Å². The van der Waals surface area contributed by atoms with Gasteiger partial charge in [0.15, 0.2) is 0 Å². The van der Waals surface area contributed by atoms with Crippen molar-refractivity contribution in [3.05, 3.63) is 48.4 Å². The van der Waals surface area contributed by atoms with Crippen LogP contribution in [-0.4, -0.2) is 28.9 Å². The first kappa shape index (κ1) is 12.9. The van der Waals surface area contributed by atoms with Gasteiger partial charge in [-0.25, -0.2) is 4.39 Å². The van der Waals surface area contributed by atoms with E-state index in [0.29, 0.717) is 5.92 Å². The number of aromatic nitrogens is 1. The lowest BCUT2D eigenvalue weighted by molar-refractivity contribution is -0.127. The van der Waals surface area contributed by atoms with Gasteiger partial charge in [0, 0.05) is 30.2 Å². The fraction of sp³-hybridized carbons (Fsp3) is 0.312. The zero-order valence-corrected chi connectivity index (χ0v) is 11.2. The summed E-state index contributed by atoms with van der Waals surface area (Å²) in [5, 5.41) is 1.08. The number of piperidine rings is 1. The third kappa shape index (κ3) is 2.22. The second-order valence-corrected chi connectivity index (χ2v) is 5.24. The Hall–Kier alpha value is -2.10. The van der Waals surface area contributed by atoms with E-state index in [4.69, 9.17) is 0 Å². The van der Waals surface area contributed by atoms with E-state index in [9.17, 15) is 9.18 Å². The third-order valence-corrected chi connectivity index (χ3v) is 4.10. The molecule has 0 radical (unpaired) electrons. The fourth-order valence-electron chi connectivity index (χ4n) is 3.00. The monoisotopic (exact) mass is 272 g/mol. The van der Waals surface area contributed by atoms with Crippen molar-refractivity contribution in [2.45, 2.75) is 18.8 Å². The van der Waals surface area contributed by atoms with Crippen LogP contribution < -0.4 is 0 Å². The summed E-state index contributed by atoms with van der Waals surface area (Å²) in [5.41, 5.74) is 2.07. The van der Waals surface area contributed by atoms with Crippen molar-refractivity contribution in [1.29, 1.82) is 0 Å². The minimum absolute atomic E-state index is 0.00412. The molecule has 2 heterocycles. The van der Waals surface area contributed by atoms with E-state index < -0.39 is 0 Å². The van der Waals surface area contributed by atoms with Gasteiger partial charge in [-0.05, 0) is 48.6 Å². The summed E-state index contributed by atoms with van der Waals surface area (Å²) in [7, 11) is 0. The molecule has 0 spiro atoms. The molecule has 3 nitrogen and oxygen atoms in total. The second-order valence-electron chi connectivity index (χ2n) is 5.24. The summed E-state index contributed by atoms with van der Waals surface area (Å²) < 4.78 is 13.2. The predicted molar refractivity (Wildman–Crippen MR) is 77.0 cm³/mol. The van der Waals surface area contributed by atoms with Gasteiger partial charge >= 0.3 is 0 Å². The van der Waals surface area contributed by atoms with Gasteiger partial charge in [0.1, 0.15) is 5.82 Å². The number of halogens is 1. The lowest BCUT2D eigenvalue weighted by Crippen LogP contribution is -2.36. The minimum atomic E-state index is -0.225. The number of rotatable bonds is 2. The Bertz CT molecular complexity index is 654. The van der Waals surface area contributed by atoms with Gasteiger partial charge in [-0.3, -0.25) is 4.79 Å². The number of fused-ring (bicyclic) bond motifs is 1. The first-order valence-corrected chi connectivity index (χ1v) is 6.87. The summed E-state index contributed by atoms with van der Waals surface area (Å²) in [6.45, 7) is 5.03. The van der Waals surface area contributed by atoms with E-state index >= 15 is 0 Å². The quantitative estimate of drug-likeness (QED) is 0.837. The van der Waals surface area contributed by atoms with E-state index in [0.717, 1.165) is 36.8 Å². The predicted octanol–water partition coefficient (Wildman–Crippen LogP) is 3.20. The van der Waals surface area contributed by atoms with Crippen LogP contribution in [0.25, 0.3) is 10.9 Å². The molecular formula is C16H17FN2O. The van der Waals surface area contributed by atoms with Gasteiger partial charge in [0.2, 0.25) is 5.91 Å². The number of benzene rings is 1. The molecule has 1 aliphatic rings. The van der Waals surface area contributed by atoms with Crippen LogP contribution in [0.1, 0.15) is 24.3 Å². The van der Waals surface area contributed by atoms with Crippen LogP contribution in [0.5, 0.6) is 0 Å². The number of amides is 1. The van der Waals surface area contributed by atoms with Crippen molar-refractivity contribution in [3.63, 3.8) is 0 Å². The largest absolute Gasteiger partial charge is 0.361 e. The van der Waals surface area contributed by atoms with Crippen LogP contribution in [0.2, 0.25) is 0 Å².